The van der Waals surface area contributed by atoms with Gasteiger partial charge in [0.05, 0.1) is 0 Å². The minimum atomic E-state index is -1.12. The van der Waals surface area contributed by atoms with Crippen LogP contribution in [0.4, 0.5) is 4.79 Å². The Hall–Kier alpha value is -3.35. The van der Waals surface area contributed by atoms with Crippen LogP contribution < -0.4 is 10.6 Å². The third kappa shape index (κ3) is 4.19. The van der Waals surface area contributed by atoms with Crippen molar-refractivity contribution < 1.29 is 24.2 Å². The van der Waals surface area contributed by atoms with E-state index < -0.39 is 17.6 Å². The molecule has 3 N–H and O–H groups in total. The Morgan fingerprint density at radius 2 is 1.61 bits per heavy atom. The molecule has 3 aliphatic carbocycles. The molecule has 33 heavy (non-hydrogen) atoms. The fraction of sp³-hybridized carbons (Fsp3) is 0.423. The number of carbonyl (C=O) groups excluding carboxylic acids is 2. The molecule has 172 valence electrons. The Morgan fingerprint density at radius 1 is 1.00 bits per heavy atom. The Kier molecular flexibility index (Phi) is 5.56. The Balaban J connectivity index is 1.21. The van der Waals surface area contributed by atoms with E-state index in [0.717, 1.165) is 30.4 Å². The highest BCUT2D eigenvalue weighted by atomic mass is 16.5. The lowest BCUT2D eigenvalue weighted by molar-refractivity contribution is -0.143. The second-order valence-corrected chi connectivity index (χ2v) is 9.41. The fourth-order valence-electron chi connectivity index (χ4n) is 5.00. The van der Waals surface area contributed by atoms with E-state index in [1.807, 2.05) is 24.3 Å². The van der Waals surface area contributed by atoms with Crippen LogP contribution in [0.15, 0.2) is 48.5 Å². The molecule has 0 aliphatic heterocycles. The molecule has 0 radical (unpaired) electrons. The summed E-state index contributed by atoms with van der Waals surface area (Å²) in [7, 11) is 0. The van der Waals surface area contributed by atoms with Gasteiger partial charge in [-0.2, -0.15) is 0 Å². The molecule has 2 saturated carbocycles. The van der Waals surface area contributed by atoms with Gasteiger partial charge in [0.25, 0.3) is 0 Å². The average Bonchev–Trinajstić information content (AvgIpc) is 3.47. The van der Waals surface area contributed by atoms with Crippen LogP contribution in [0, 0.1) is 5.92 Å². The first-order chi connectivity index (χ1) is 16.0. The van der Waals surface area contributed by atoms with Crippen LogP contribution >= 0.6 is 0 Å². The number of benzene rings is 2. The van der Waals surface area contributed by atoms with Gasteiger partial charge in [-0.05, 0) is 53.9 Å². The maximum Gasteiger partial charge on any atom is 0.407 e. The number of carboxylic acid groups (broad SMARTS) is 1. The standard InChI is InChI=1S/C26H28N2O5/c29-23(28-26(12-13-26)24(30)31)14-22(16-6-5-7-16)27-25(32)33-15-21-19-10-3-1-8-17(19)18-9-2-4-11-20(18)21/h1-4,8-11,16,21-22H,5-7,12-15H2,(H,27,32)(H,28,29)(H,30,31). The van der Waals surface area contributed by atoms with E-state index in [1.165, 1.54) is 11.1 Å². The van der Waals surface area contributed by atoms with E-state index in [4.69, 9.17) is 4.74 Å². The Morgan fingerprint density at radius 3 is 2.12 bits per heavy atom. The number of aliphatic carboxylic acids is 1. The van der Waals surface area contributed by atoms with Crippen LogP contribution in [0.5, 0.6) is 0 Å². The number of rotatable bonds is 8. The zero-order valence-corrected chi connectivity index (χ0v) is 18.4. The van der Waals surface area contributed by atoms with Gasteiger partial charge in [0, 0.05) is 18.4 Å². The van der Waals surface area contributed by atoms with Gasteiger partial charge in [-0.1, -0.05) is 55.0 Å². The van der Waals surface area contributed by atoms with Gasteiger partial charge in [-0.3, -0.25) is 4.79 Å². The van der Waals surface area contributed by atoms with Crippen molar-refractivity contribution in [3.63, 3.8) is 0 Å². The SMILES string of the molecule is O=C(CC(NC(=O)OCC1c2ccccc2-c2ccccc21)C1CCC1)NC1(C(=O)O)CC1. The van der Waals surface area contributed by atoms with Crippen LogP contribution in [0.2, 0.25) is 0 Å². The summed E-state index contributed by atoms with van der Waals surface area (Å²) >= 11 is 0. The van der Waals surface area contributed by atoms with Gasteiger partial charge in [0.1, 0.15) is 12.1 Å². The second-order valence-electron chi connectivity index (χ2n) is 9.41. The number of hydrogen-bond acceptors (Lipinski definition) is 4. The minimum absolute atomic E-state index is 0.0288. The summed E-state index contributed by atoms with van der Waals surface area (Å²) in [6, 6.07) is 16.0. The highest BCUT2D eigenvalue weighted by Crippen LogP contribution is 2.44. The second kappa shape index (κ2) is 8.54. The summed E-state index contributed by atoms with van der Waals surface area (Å²) in [6.07, 6.45) is 3.35. The molecule has 7 nitrogen and oxygen atoms in total. The monoisotopic (exact) mass is 448 g/mol. The van der Waals surface area contributed by atoms with Gasteiger partial charge >= 0.3 is 12.1 Å². The molecule has 3 aliphatic rings. The van der Waals surface area contributed by atoms with Crippen molar-refractivity contribution in [1.82, 2.24) is 10.6 Å². The quantitative estimate of drug-likeness (QED) is 0.570. The lowest BCUT2D eigenvalue weighted by Gasteiger charge is -2.34. The maximum absolute atomic E-state index is 12.7. The summed E-state index contributed by atoms with van der Waals surface area (Å²) in [6.45, 7) is 0.214. The van der Waals surface area contributed by atoms with Gasteiger partial charge in [-0.25, -0.2) is 9.59 Å². The van der Waals surface area contributed by atoms with E-state index in [1.54, 1.807) is 0 Å². The van der Waals surface area contributed by atoms with E-state index in [9.17, 15) is 19.5 Å². The summed E-state index contributed by atoms with van der Waals surface area (Å²) in [5.41, 5.74) is 3.50. The van der Waals surface area contributed by atoms with E-state index in [-0.39, 0.29) is 36.8 Å². The molecule has 5 rings (SSSR count). The molecule has 1 unspecified atom stereocenters. The zero-order chi connectivity index (χ0) is 23.0. The Labute approximate surface area is 192 Å². The van der Waals surface area contributed by atoms with Gasteiger partial charge in [0.2, 0.25) is 5.91 Å². The number of ether oxygens (including phenoxy) is 1. The van der Waals surface area contributed by atoms with Crippen molar-refractivity contribution in [3.05, 3.63) is 59.7 Å². The van der Waals surface area contributed by atoms with E-state index >= 15 is 0 Å². The van der Waals surface area contributed by atoms with Crippen LogP contribution in [-0.2, 0) is 14.3 Å². The van der Waals surface area contributed by atoms with Crippen molar-refractivity contribution in [1.29, 1.82) is 0 Å². The molecule has 2 fully saturated rings. The molecule has 0 heterocycles. The van der Waals surface area contributed by atoms with Crippen LogP contribution in [-0.4, -0.2) is 41.3 Å². The molecule has 0 spiro atoms. The van der Waals surface area contributed by atoms with Gasteiger partial charge in [-0.15, -0.1) is 0 Å². The number of alkyl carbamates (subject to hydrolysis) is 1. The molecule has 2 amide bonds. The summed E-state index contributed by atoms with van der Waals surface area (Å²) in [5.74, 6) is -1.17. The van der Waals surface area contributed by atoms with Crippen molar-refractivity contribution >= 4 is 18.0 Å². The van der Waals surface area contributed by atoms with Crippen LogP contribution in [0.1, 0.15) is 55.6 Å². The number of fused-ring (bicyclic) bond motifs is 3. The number of carboxylic acids is 1. The lowest BCUT2D eigenvalue weighted by atomic mass is 9.78. The molecule has 2 aromatic rings. The van der Waals surface area contributed by atoms with Gasteiger partial charge < -0.3 is 20.5 Å². The third-order valence-electron chi connectivity index (χ3n) is 7.31. The largest absolute Gasteiger partial charge is 0.480 e. The topological polar surface area (TPSA) is 105 Å². The molecule has 0 bridgehead atoms. The summed E-state index contributed by atoms with van der Waals surface area (Å²) in [4.78, 5) is 36.6. The third-order valence-corrected chi connectivity index (χ3v) is 7.31. The summed E-state index contributed by atoms with van der Waals surface area (Å²) in [5, 5.41) is 14.8. The first-order valence-electron chi connectivity index (χ1n) is 11.6. The molecule has 1 atom stereocenters. The number of hydrogen-bond donors (Lipinski definition) is 3. The molecule has 7 heteroatoms. The highest BCUT2D eigenvalue weighted by molar-refractivity contribution is 5.90. The molecular weight excluding hydrogens is 420 g/mol. The minimum Gasteiger partial charge on any atom is -0.480 e. The smallest absolute Gasteiger partial charge is 0.407 e. The number of carbonyl (C=O) groups is 3. The van der Waals surface area contributed by atoms with Gasteiger partial charge in [0.15, 0.2) is 0 Å². The molecule has 0 aromatic heterocycles. The van der Waals surface area contributed by atoms with Crippen molar-refractivity contribution in [2.75, 3.05) is 6.61 Å². The highest BCUT2D eigenvalue weighted by Gasteiger charge is 2.51. The van der Waals surface area contributed by atoms with Crippen molar-refractivity contribution in [3.8, 4) is 11.1 Å². The molecule has 2 aromatic carbocycles. The lowest BCUT2D eigenvalue weighted by Crippen LogP contribution is -2.49. The Bertz CT molecular complexity index is 1040. The molecule has 0 saturated heterocycles. The van der Waals surface area contributed by atoms with Crippen LogP contribution in [0.3, 0.4) is 0 Å². The number of nitrogens with one attached hydrogen (secondary N) is 2. The average molecular weight is 449 g/mol. The van der Waals surface area contributed by atoms with E-state index in [2.05, 4.69) is 34.9 Å². The van der Waals surface area contributed by atoms with Crippen molar-refractivity contribution in [2.45, 2.75) is 56.0 Å². The fourth-order valence-corrected chi connectivity index (χ4v) is 5.00. The predicted octanol–water partition coefficient (Wildman–Crippen LogP) is 3.82. The van der Waals surface area contributed by atoms with E-state index in [0.29, 0.717) is 12.8 Å². The molecular formula is C26H28N2O5. The first kappa shape index (κ1) is 21.5. The zero-order valence-electron chi connectivity index (χ0n) is 18.4. The normalized spacial score (nSPS) is 18.9. The predicted molar refractivity (Wildman–Crippen MR) is 122 cm³/mol. The maximum atomic E-state index is 12.7. The number of amides is 2. The summed E-state index contributed by atoms with van der Waals surface area (Å²) < 4.78 is 5.65. The van der Waals surface area contributed by atoms with Crippen LogP contribution in [0.25, 0.3) is 11.1 Å². The van der Waals surface area contributed by atoms with Crippen molar-refractivity contribution in [2.24, 2.45) is 5.92 Å². The first-order valence-corrected chi connectivity index (χ1v) is 11.6.